The first kappa shape index (κ1) is 14.7. The van der Waals surface area contributed by atoms with E-state index in [1.165, 1.54) is 0 Å². The number of amides is 1. The predicted molar refractivity (Wildman–Crippen MR) is 59.6 cm³/mol. The molecule has 0 aromatic heterocycles. The van der Waals surface area contributed by atoms with Crippen LogP contribution in [0, 0.1) is 5.92 Å². The van der Waals surface area contributed by atoms with Crippen molar-refractivity contribution in [3.63, 3.8) is 0 Å². The van der Waals surface area contributed by atoms with Gasteiger partial charge in [0.1, 0.15) is 5.92 Å². The molecule has 1 amide bonds. The average molecular weight is 330 g/mol. The van der Waals surface area contributed by atoms with Gasteiger partial charge in [0.05, 0.1) is 15.3 Å². The molecule has 1 heterocycles. The number of fused-ring (bicyclic) bond motifs is 1. The molecule has 0 bridgehead atoms. The summed E-state index contributed by atoms with van der Waals surface area (Å²) in [7, 11) is -7.85. The number of nitrogens with zero attached hydrogens (tertiary/aromatic N) is 1. The van der Waals surface area contributed by atoms with Crippen LogP contribution in [0.15, 0.2) is 22.6 Å². The van der Waals surface area contributed by atoms with E-state index in [-0.39, 0.29) is 16.6 Å². The van der Waals surface area contributed by atoms with E-state index in [4.69, 9.17) is 5.84 Å². The Balaban J connectivity index is 2.83. The number of sulfonamides is 1. The molecule has 0 aromatic rings. The predicted octanol–water partition coefficient (Wildman–Crippen LogP) is -0.914. The highest BCUT2D eigenvalue weighted by Gasteiger charge is 2.52. The maximum absolute atomic E-state index is 12.6. The SMILES string of the molecule is NN1C(=O)C2C(=CC(C(F)(F)F)=CC2=S(=O)=O)S1(=O)=O. The Morgan fingerprint density at radius 3 is 2.25 bits per heavy atom. The van der Waals surface area contributed by atoms with E-state index >= 15 is 0 Å². The largest absolute Gasteiger partial charge is 0.416 e. The second kappa shape index (κ2) is 4.17. The van der Waals surface area contributed by atoms with Crippen molar-refractivity contribution in [3.8, 4) is 0 Å². The van der Waals surface area contributed by atoms with Gasteiger partial charge in [0.15, 0.2) is 0 Å². The van der Waals surface area contributed by atoms with Gasteiger partial charge in [0.25, 0.3) is 15.9 Å². The molecule has 1 aliphatic carbocycles. The van der Waals surface area contributed by atoms with Crippen LogP contribution in [0.25, 0.3) is 0 Å². The molecule has 0 aromatic carbocycles. The first-order valence-electron chi connectivity index (χ1n) is 4.78. The average Bonchev–Trinajstić information content (AvgIpc) is 2.49. The summed E-state index contributed by atoms with van der Waals surface area (Å²) >= 11 is 0. The van der Waals surface area contributed by atoms with Gasteiger partial charge in [-0.15, -0.1) is 0 Å². The van der Waals surface area contributed by atoms with E-state index in [0.717, 1.165) is 0 Å². The summed E-state index contributed by atoms with van der Waals surface area (Å²) in [4.78, 5) is 9.61. The lowest BCUT2D eigenvalue weighted by molar-refractivity contribution is -0.126. The fourth-order valence-electron chi connectivity index (χ4n) is 1.79. The molecule has 1 saturated heterocycles. The van der Waals surface area contributed by atoms with Crippen LogP contribution < -0.4 is 5.84 Å². The van der Waals surface area contributed by atoms with E-state index in [9.17, 15) is 34.8 Å². The number of alkyl halides is 3. The Morgan fingerprint density at radius 2 is 1.80 bits per heavy atom. The number of hydrogen-bond acceptors (Lipinski definition) is 6. The molecule has 0 saturated carbocycles. The summed E-state index contributed by atoms with van der Waals surface area (Å²) in [5.74, 6) is 1.78. The number of rotatable bonds is 0. The van der Waals surface area contributed by atoms with Crippen LogP contribution in [-0.2, 0) is 25.1 Å². The summed E-state index contributed by atoms with van der Waals surface area (Å²) < 4.78 is 82.9. The van der Waals surface area contributed by atoms with Gasteiger partial charge in [-0.25, -0.2) is 5.84 Å². The molecular formula is C8H5F3N2O5S2. The summed E-state index contributed by atoms with van der Waals surface area (Å²) in [6, 6.07) is 0. The lowest BCUT2D eigenvalue weighted by Crippen LogP contribution is -2.38. The molecule has 20 heavy (non-hydrogen) atoms. The van der Waals surface area contributed by atoms with E-state index in [1.54, 1.807) is 0 Å². The van der Waals surface area contributed by atoms with Gasteiger partial charge in [-0.2, -0.15) is 34.4 Å². The smallest absolute Gasteiger partial charge is 0.271 e. The van der Waals surface area contributed by atoms with E-state index in [0.29, 0.717) is 0 Å². The van der Waals surface area contributed by atoms with Crippen LogP contribution in [0.3, 0.4) is 0 Å². The number of carbonyl (C=O) groups excluding carboxylic acids is 1. The second-order valence-electron chi connectivity index (χ2n) is 3.85. The Labute approximate surface area is 111 Å². The Morgan fingerprint density at radius 1 is 1.25 bits per heavy atom. The number of nitrogens with two attached hydrogens (primary N) is 1. The van der Waals surface area contributed by atoms with Crippen LogP contribution in [0.4, 0.5) is 13.2 Å². The highest BCUT2D eigenvalue weighted by atomic mass is 32.2. The van der Waals surface area contributed by atoms with Gasteiger partial charge in [0, 0.05) is 0 Å². The van der Waals surface area contributed by atoms with Crippen LogP contribution >= 0.6 is 0 Å². The lowest BCUT2D eigenvalue weighted by Gasteiger charge is -2.15. The Bertz CT molecular complexity index is 796. The third-order valence-electron chi connectivity index (χ3n) is 2.71. The van der Waals surface area contributed by atoms with Crippen molar-refractivity contribution in [2.24, 2.45) is 11.8 Å². The fraction of sp³-hybridized carbons (Fsp3) is 0.250. The molecule has 12 heteroatoms. The van der Waals surface area contributed by atoms with Gasteiger partial charge < -0.3 is 0 Å². The molecule has 1 atom stereocenters. The minimum atomic E-state index is -4.97. The molecule has 110 valence electrons. The van der Waals surface area contributed by atoms with Crippen molar-refractivity contribution < 1.29 is 34.8 Å². The van der Waals surface area contributed by atoms with Gasteiger partial charge in [-0.1, -0.05) is 0 Å². The van der Waals surface area contributed by atoms with Crippen molar-refractivity contribution in [1.82, 2.24) is 4.41 Å². The molecular weight excluding hydrogens is 325 g/mol. The van der Waals surface area contributed by atoms with Crippen molar-refractivity contribution in [2.45, 2.75) is 6.18 Å². The molecule has 2 rings (SSSR count). The van der Waals surface area contributed by atoms with Crippen molar-refractivity contribution in [2.75, 3.05) is 0 Å². The van der Waals surface area contributed by atoms with Crippen molar-refractivity contribution in [1.29, 1.82) is 0 Å². The van der Waals surface area contributed by atoms with E-state index in [1.807, 2.05) is 0 Å². The molecule has 2 aliphatic rings. The Hall–Kier alpha value is -1.66. The highest BCUT2D eigenvalue weighted by molar-refractivity contribution is 7.94. The number of hydrazine groups is 1. The quantitative estimate of drug-likeness (QED) is 0.349. The van der Waals surface area contributed by atoms with E-state index < -0.39 is 53.7 Å². The van der Waals surface area contributed by atoms with E-state index in [2.05, 4.69) is 0 Å². The van der Waals surface area contributed by atoms with Crippen LogP contribution in [0.5, 0.6) is 0 Å². The van der Waals surface area contributed by atoms with Gasteiger partial charge in [0.2, 0.25) is 10.3 Å². The zero-order valence-corrected chi connectivity index (χ0v) is 10.9. The van der Waals surface area contributed by atoms with Crippen LogP contribution in [0.1, 0.15) is 0 Å². The first-order valence-corrected chi connectivity index (χ1v) is 7.30. The monoisotopic (exact) mass is 330 g/mol. The molecule has 0 spiro atoms. The molecule has 1 fully saturated rings. The second-order valence-corrected chi connectivity index (χ2v) is 6.61. The van der Waals surface area contributed by atoms with Gasteiger partial charge in [-0.05, 0) is 12.2 Å². The lowest BCUT2D eigenvalue weighted by atomic mass is 9.95. The number of allylic oxidation sites excluding steroid dienone is 3. The third kappa shape index (κ3) is 1.96. The highest BCUT2D eigenvalue weighted by Crippen LogP contribution is 2.39. The third-order valence-corrected chi connectivity index (χ3v) is 5.09. The zero-order valence-electron chi connectivity index (χ0n) is 9.25. The summed E-state index contributed by atoms with van der Waals surface area (Å²) in [6.07, 6.45) is -4.55. The maximum atomic E-state index is 12.6. The van der Waals surface area contributed by atoms with Crippen LogP contribution in [-0.4, -0.2) is 38.2 Å². The van der Waals surface area contributed by atoms with Gasteiger partial charge >= 0.3 is 6.18 Å². The topological polar surface area (TPSA) is 115 Å². The standard InChI is InChI=1S/C8H5F3N2O5S2/c9-8(10,11)3-1-4(19(15)16)6-5(2-3)20(17,18)13(12)7(6)14/h1-2,6H,12H2. The molecule has 7 nitrogen and oxygen atoms in total. The minimum Gasteiger partial charge on any atom is -0.271 e. The van der Waals surface area contributed by atoms with Gasteiger partial charge in [-0.3, -0.25) is 4.79 Å². The summed E-state index contributed by atoms with van der Waals surface area (Å²) in [6.45, 7) is 0. The normalized spacial score (nSPS) is 25.2. The molecule has 0 radical (unpaired) electrons. The Kier molecular flexibility index (Phi) is 3.07. The molecule has 2 N–H and O–H groups in total. The summed E-state index contributed by atoms with van der Waals surface area (Å²) in [5, 5.41) is 0. The van der Waals surface area contributed by atoms with Crippen LogP contribution in [0.2, 0.25) is 0 Å². The zero-order chi connectivity index (χ0) is 15.5. The summed E-state index contributed by atoms with van der Waals surface area (Å²) in [5.41, 5.74) is -1.49. The number of hydrogen-bond donors (Lipinski definition) is 1. The first-order chi connectivity index (χ1) is 8.98. The minimum absolute atomic E-state index is 0.209. The maximum Gasteiger partial charge on any atom is 0.416 e. The number of halogens is 3. The van der Waals surface area contributed by atoms with Crippen molar-refractivity contribution in [3.05, 3.63) is 22.6 Å². The van der Waals surface area contributed by atoms with Crippen molar-refractivity contribution >= 4 is 31.1 Å². The number of carbonyl (C=O) groups is 1. The fourth-order valence-corrected chi connectivity index (χ4v) is 3.88. The molecule has 1 unspecified atom stereocenters. The molecule has 1 aliphatic heterocycles.